The molecule has 1 heterocycles. The van der Waals surface area contributed by atoms with Crippen molar-refractivity contribution in [2.24, 2.45) is 0 Å². The molecule has 0 unspecified atom stereocenters. The van der Waals surface area contributed by atoms with E-state index >= 15 is 0 Å². The van der Waals surface area contributed by atoms with Crippen LogP contribution in [0.2, 0.25) is 0 Å². The van der Waals surface area contributed by atoms with Gasteiger partial charge in [0.05, 0.1) is 12.8 Å². The fourth-order valence-electron chi connectivity index (χ4n) is 2.63. The highest BCUT2D eigenvalue weighted by Gasteiger charge is 2.30. The number of anilines is 1. The fraction of sp³-hybridized carbons (Fsp3) is 0.167. The van der Waals surface area contributed by atoms with Crippen LogP contribution in [0.3, 0.4) is 0 Å². The van der Waals surface area contributed by atoms with Crippen molar-refractivity contribution in [3.8, 4) is 5.75 Å². The van der Waals surface area contributed by atoms with E-state index in [4.69, 9.17) is 4.74 Å². The van der Waals surface area contributed by atoms with Gasteiger partial charge < -0.3 is 9.64 Å². The third kappa shape index (κ3) is 2.31. The number of hydrogen-bond donors (Lipinski definition) is 0. The van der Waals surface area contributed by atoms with Gasteiger partial charge in [0, 0.05) is 17.7 Å². The molecule has 21 heavy (non-hydrogen) atoms. The van der Waals surface area contributed by atoms with Crippen molar-refractivity contribution in [3.05, 3.63) is 59.7 Å². The Hall–Kier alpha value is -2.55. The third-order valence-corrected chi connectivity index (χ3v) is 3.70. The number of likely N-dealkylation sites (N-methyl/N-ethyl adjacent to an activating group) is 1. The molecule has 2 aromatic carbocycles. The first-order valence-electron chi connectivity index (χ1n) is 7.01. The van der Waals surface area contributed by atoms with E-state index in [-0.39, 0.29) is 5.91 Å². The van der Waals surface area contributed by atoms with Crippen LogP contribution in [0.5, 0.6) is 5.75 Å². The maximum absolute atomic E-state index is 12.6. The van der Waals surface area contributed by atoms with Gasteiger partial charge in [-0.1, -0.05) is 30.3 Å². The van der Waals surface area contributed by atoms with E-state index in [1.54, 1.807) is 7.11 Å². The number of ether oxygens (including phenoxy) is 1. The summed E-state index contributed by atoms with van der Waals surface area (Å²) in [5, 5.41) is 0. The number of benzene rings is 2. The van der Waals surface area contributed by atoms with E-state index < -0.39 is 0 Å². The van der Waals surface area contributed by atoms with E-state index in [2.05, 4.69) is 0 Å². The highest BCUT2D eigenvalue weighted by molar-refractivity contribution is 6.35. The van der Waals surface area contributed by atoms with Crippen molar-refractivity contribution in [1.29, 1.82) is 0 Å². The monoisotopic (exact) mass is 279 g/mol. The Morgan fingerprint density at radius 3 is 2.48 bits per heavy atom. The molecule has 3 nitrogen and oxygen atoms in total. The summed E-state index contributed by atoms with van der Waals surface area (Å²) in [7, 11) is 1.64. The highest BCUT2D eigenvalue weighted by Crippen LogP contribution is 2.37. The van der Waals surface area contributed by atoms with Crippen molar-refractivity contribution < 1.29 is 9.53 Å². The van der Waals surface area contributed by atoms with Gasteiger partial charge in [0.2, 0.25) is 0 Å². The minimum atomic E-state index is 0.0644. The first-order chi connectivity index (χ1) is 10.2. The summed E-state index contributed by atoms with van der Waals surface area (Å²) in [4.78, 5) is 14.4. The van der Waals surface area contributed by atoms with Gasteiger partial charge >= 0.3 is 0 Å². The van der Waals surface area contributed by atoms with Crippen molar-refractivity contribution in [3.63, 3.8) is 0 Å². The lowest BCUT2D eigenvalue weighted by molar-refractivity contribution is -0.112. The summed E-state index contributed by atoms with van der Waals surface area (Å²) in [5.41, 5.74) is 3.73. The van der Waals surface area contributed by atoms with Gasteiger partial charge in [0.25, 0.3) is 5.91 Å². The number of methoxy groups -OCH3 is 1. The molecule has 0 saturated carbocycles. The molecule has 3 rings (SSSR count). The maximum Gasteiger partial charge on any atom is 0.258 e. The van der Waals surface area contributed by atoms with Crippen molar-refractivity contribution in [2.75, 3.05) is 18.6 Å². The zero-order valence-corrected chi connectivity index (χ0v) is 12.2. The summed E-state index contributed by atoms with van der Waals surface area (Å²) in [6, 6.07) is 15.6. The number of rotatable bonds is 3. The SMILES string of the molecule is CCN1C(=O)C(=Cc2ccc(OC)cc2)c2ccccc21. The quantitative estimate of drug-likeness (QED) is 0.803. The van der Waals surface area contributed by atoms with Crippen molar-refractivity contribution >= 4 is 23.2 Å². The zero-order chi connectivity index (χ0) is 14.8. The molecule has 2 aromatic rings. The Morgan fingerprint density at radius 1 is 1.10 bits per heavy atom. The van der Waals surface area contributed by atoms with Gasteiger partial charge in [-0.25, -0.2) is 0 Å². The van der Waals surface area contributed by atoms with Crippen LogP contribution in [0.25, 0.3) is 11.6 Å². The normalized spacial score (nSPS) is 15.4. The van der Waals surface area contributed by atoms with E-state index in [0.717, 1.165) is 28.1 Å². The number of fused-ring (bicyclic) bond motifs is 1. The molecule has 0 spiro atoms. The summed E-state index contributed by atoms with van der Waals surface area (Å²) in [5.74, 6) is 0.875. The van der Waals surface area contributed by atoms with E-state index in [9.17, 15) is 4.79 Å². The average molecular weight is 279 g/mol. The number of carbonyl (C=O) groups excluding carboxylic acids is 1. The molecule has 0 N–H and O–H groups in total. The van der Waals surface area contributed by atoms with Crippen LogP contribution in [0.4, 0.5) is 5.69 Å². The van der Waals surface area contributed by atoms with Crippen molar-refractivity contribution in [2.45, 2.75) is 6.92 Å². The number of nitrogens with zero attached hydrogens (tertiary/aromatic N) is 1. The molecule has 3 heteroatoms. The summed E-state index contributed by atoms with van der Waals surface area (Å²) < 4.78 is 5.16. The van der Waals surface area contributed by atoms with Crippen LogP contribution < -0.4 is 9.64 Å². The molecular weight excluding hydrogens is 262 g/mol. The first kappa shape index (κ1) is 13.4. The molecule has 0 radical (unpaired) electrons. The minimum absolute atomic E-state index is 0.0644. The van der Waals surface area contributed by atoms with Crippen LogP contribution in [-0.4, -0.2) is 19.6 Å². The van der Waals surface area contributed by atoms with Crippen LogP contribution in [0.1, 0.15) is 18.1 Å². The second-order valence-electron chi connectivity index (χ2n) is 4.90. The van der Waals surface area contributed by atoms with Gasteiger partial charge in [-0.2, -0.15) is 0 Å². The zero-order valence-electron chi connectivity index (χ0n) is 12.2. The molecule has 0 aliphatic carbocycles. The number of carbonyl (C=O) groups is 1. The van der Waals surface area contributed by atoms with Gasteiger partial charge in [0.1, 0.15) is 5.75 Å². The summed E-state index contributed by atoms with van der Waals surface area (Å²) in [6.07, 6.45) is 1.94. The largest absolute Gasteiger partial charge is 0.497 e. The second-order valence-corrected chi connectivity index (χ2v) is 4.90. The van der Waals surface area contributed by atoms with Gasteiger partial charge in [-0.15, -0.1) is 0 Å². The smallest absolute Gasteiger partial charge is 0.258 e. The molecule has 106 valence electrons. The minimum Gasteiger partial charge on any atom is -0.497 e. The Morgan fingerprint density at radius 2 is 1.81 bits per heavy atom. The lowest BCUT2D eigenvalue weighted by Crippen LogP contribution is -2.25. The molecular formula is C18H17NO2. The maximum atomic E-state index is 12.6. The predicted octanol–water partition coefficient (Wildman–Crippen LogP) is 3.60. The number of hydrogen-bond acceptors (Lipinski definition) is 2. The predicted molar refractivity (Wildman–Crippen MR) is 85.3 cm³/mol. The van der Waals surface area contributed by atoms with E-state index in [1.165, 1.54) is 0 Å². The van der Waals surface area contributed by atoms with Gasteiger partial charge in [-0.05, 0) is 36.8 Å². The topological polar surface area (TPSA) is 29.5 Å². The summed E-state index contributed by atoms with van der Waals surface area (Å²) >= 11 is 0. The molecule has 0 bridgehead atoms. The first-order valence-corrected chi connectivity index (χ1v) is 7.01. The molecule has 0 atom stereocenters. The average Bonchev–Trinajstić information content (AvgIpc) is 2.80. The Labute approximate surface area is 124 Å². The molecule has 1 aliphatic rings. The fourth-order valence-corrected chi connectivity index (χ4v) is 2.63. The van der Waals surface area contributed by atoms with Gasteiger partial charge in [0.15, 0.2) is 0 Å². The molecule has 1 amide bonds. The molecule has 0 fully saturated rings. The van der Waals surface area contributed by atoms with Crippen LogP contribution in [-0.2, 0) is 4.79 Å². The van der Waals surface area contributed by atoms with Crippen LogP contribution >= 0.6 is 0 Å². The summed E-state index contributed by atoms with van der Waals surface area (Å²) in [6.45, 7) is 2.67. The lowest BCUT2D eigenvalue weighted by Gasteiger charge is -2.13. The highest BCUT2D eigenvalue weighted by atomic mass is 16.5. The standard InChI is InChI=1S/C18H17NO2/c1-3-19-17-7-5-4-6-15(17)16(18(19)20)12-13-8-10-14(21-2)11-9-13/h4-12H,3H2,1-2H3. The molecule has 0 aromatic heterocycles. The van der Waals surface area contributed by atoms with Gasteiger partial charge in [-0.3, -0.25) is 4.79 Å². The third-order valence-electron chi connectivity index (χ3n) is 3.70. The van der Waals surface area contributed by atoms with E-state index in [0.29, 0.717) is 6.54 Å². The lowest BCUT2D eigenvalue weighted by atomic mass is 10.0. The van der Waals surface area contributed by atoms with Crippen LogP contribution in [0, 0.1) is 0 Å². The molecule has 0 saturated heterocycles. The molecule has 1 aliphatic heterocycles. The number of para-hydroxylation sites is 1. The van der Waals surface area contributed by atoms with Crippen LogP contribution in [0.15, 0.2) is 48.5 Å². The Kier molecular flexibility index (Phi) is 3.48. The van der Waals surface area contributed by atoms with E-state index in [1.807, 2.05) is 66.4 Å². The van der Waals surface area contributed by atoms with Crippen molar-refractivity contribution in [1.82, 2.24) is 0 Å². The Balaban J connectivity index is 2.05. The second kappa shape index (κ2) is 5.44. The Bertz CT molecular complexity index is 701. The number of amides is 1.